The first-order valence-corrected chi connectivity index (χ1v) is 7.98. The van der Waals surface area contributed by atoms with Gasteiger partial charge in [-0.25, -0.2) is 23.1 Å². The van der Waals surface area contributed by atoms with Gasteiger partial charge in [0.2, 0.25) is 0 Å². The van der Waals surface area contributed by atoms with E-state index in [1.165, 1.54) is 24.3 Å². The normalized spacial score (nSPS) is 16.6. The van der Waals surface area contributed by atoms with E-state index in [9.17, 15) is 8.60 Å². The lowest BCUT2D eigenvalue weighted by Crippen LogP contribution is -2.42. The molecule has 0 fully saturated rings. The van der Waals surface area contributed by atoms with Crippen molar-refractivity contribution in [3.63, 3.8) is 0 Å². The van der Waals surface area contributed by atoms with Gasteiger partial charge < -0.3 is 0 Å². The lowest BCUT2D eigenvalue weighted by Gasteiger charge is -2.24. The van der Waals surface area contributed by atoms with E-state index in [4.69, 9.17) is 4.89 Å². The van der Waals surface area contributed by atoms with Gasteiger partial charge in [0.15, 0.2) is 0 Å². The highest BCUT2D eigenvalue weighted by molar-refractivity contribution is 8.05. The van der Waals surface area contributed by atoms with Gasteiger partial charge in [-0.1, -0.05) is 22.9 Å². The number of hydrogen-bond donors (Lipinski definition) is 1. The maximum Gasteiger partial charge on any atom is 0.106 e. The Balaban J connectivity index is 4.82. The topological polar surface area (TPSA) is 56.8 Å². The summed E-state index contributed by atoms with van der Waals surface area (Å²) in [6.45, 7) is 7.43. The van der Waals surface area contributed by atoms with Crippen molar-refractivity contribution in [3.8, 4) is 0 Å². The standard InChI is InChI=1S/C12H22FNO4S2/c1-6-11(19-8-7-13)10(9-17-18-16-5)14-20(15)12(2,3)4/h6-8,10,14H,9H2,1-5H3/b8-7+,11-6-/t10-,20?/m0/s1. The van der Waals surface area contributed by atoms with Gasteiger partial charge in [0.25, 0.3) is 0 Å². The maximum absolute atomic E-state index is 12.1. The summed E-state index contributed by atoms with van der Waals surface area (Å²) in [7, 11) is 0.0135. The van der Waals surface area contributed by atoms with E-state index in [1.807, 2.05) is 20.8 Å². The molecule has 1 unspecified atom stereocenters. The van der Waals surface area contributed by atoms with Crippen LogP contribution in [0.4, 0.5) is 4.39 Å². The van der Waals surface area contributed by atoms with Gasteiger partial charge in [-0.3, -0.25) is 0 Å². The Kier molecular flexibility index (Phi) is 10.3. The van der Waals surface area contributed by atoms with E-state index in [-0.39, 0.29) is 6.61 Å². The van der Waals surface area contributed by atoms with Crippen molar-refractivity contribution in [2.45, 2.75) is 38.5 Å². The Morgan fingerprint density at radius 1 is 1.50 bits per heavy atom. The second-order valence-corrected chi connectivity index (χ2v) is 7.62. The van der Waals surface area contributed by atoms with Crippen molar-refractivity contribution < 1.29 is 23.4 Å². The quantitative estimate of drug-likeness (QED) is 0.401. The van der Waals surface area contributed by atoms with E-state index in [1.54, 1.807) is 13.0 Å². The Morgan fingerprint density at radius 3 is 2.60 bits per heavy atom. The van der Waals surface area contributed by atoms with Crippen LogP contribution in [0, 0.1) is 0 Å². The summed E-state index contributed by atoms with van der Waals surface area (Å²) in [5, 5.41) is 5.66. The SMILES string of the molecule is C/C=C(\S/C=C/F)[C@H](COOOC)NS(=O)C(C)(C)C. The van der Waals surface area contributed by atoms with E-state index < -0.39 is 21.8 Å². The Hall–Kier alpha value is -0.250. The maximum atomic E-state index is 12.1. The lowest BCUT2D eigenvalue weighted by molar-refractivity contribution is -0.502. The highest BCUT2D eigenvalue weighted by Gasteiger charge is 2.25. The molecule has 20 heavy (non-hydrogen) atoms. The van der Waals surface area contributed by atoms with E-state index in [0.29, 0.717) is 6.33 Å². The summed E-state index contributed by atoms with van der Waals surface area (Å²) in [5.41, 5.74) is 0. The van der Waals surface area contributed by atoms with Crippen LogP contribution in [0.1, 0.15) is 27.7 Å². The zero-order chi connectivity index (χ0) is 15.6. The molecule has 0 aromatic rings. The van der Waals surface area contributed by atoms with Crippen LogP contribution in [0.3, 0.4) is 0 Å². The molecule has 5 nitrogen and oxygen atoms in total. The van der Waals surface area contributed by atoms with Crippen molar-refractivity contribution in [1.29, 1.82) is 0 Å². The van der Waals surface area contributed by atoms with Crippen LogP contribution in [0.15, 0.2) is 22.7 Å². The third-order valence-electron chi connectivity index (χ3n) is 2.04. The molecule has 0 aliphatic carbocycles. The third kappa shape index (κ3) is 8.13. The second-order valence-electron chi connectivity index (χ2n) is 4.64. The number of rotatable bonds is 9. The first-order chi connectivity index (χ1) is 9.36. The van der Waals surface area contributed by atoms with Crippen molar-refractivity contribution >= 4 is 22.7 Å². The molecule has 0 aliphatic rings. The van der Waals surface area contributed by atoms with Crippen LogP contribution in [0.25, 0.3) is 0 Å². The predicted molar refractivity (Wildman–Crippen MR) is 80.5 cm³/mol. The molecule has 0 aromatic heterocycles. The Labute approximate surface area is 126 Å². The highest BCUT2D eigenvalue weighted by atomic mass is 32.2. The van der Waals surface area contributed by atoms with Crippen molar-refractivity contribution in [2.75, 3.05) is 13.7 Å². The minimum atomic E-state index is -1.30. The first-order valence-electron chi connectivity index (χ1n) is 5.95. The predicted octanol–water partition coefficient (Wildman–Crippen LogP) is 2.99. The van der Waals surface area contributed by atoms with Gasteiger partial charge in [-0.2, -0.15) is 0 Å². The Morgan fingerprint density at radius 2 is 2.15 bits per heavy atom. The monoisotopic (exact) mass is 327 g/mol. The van der Waals surface area contributed by atoms with Crippen LogP contribution >= 0.6 is 11.8 Å². The molecule has 0 rings (SSSR count). The number of halogens is 1. The molecule has 0 saturated heterocycles. The molecule has 0 aromatic carbocycles. The highest BCUT2D eigenvalue weighted by Crippen LogP contribution is 2.23. The molecule has 0 heterocycles. The summed E-state index contributed by atoms with van der Waals surface area (Å²) < 4.78 is 26.8. The minimum absolute atomic E-state index is 0.0719. The molecule has 0 radical (unpaired) electrons. The molecule has 2 atom stereocenters. The summed E-state index contributed by atoms with van der Waals surface area (Å²) in [6.07, 6.45) is 2.23. The van der Waals surface area contributed by atoms with Gasteiger partial charge in [0.05, 0.1) is 35.2 Å². The van der Waals surface area contributed by atoms with Gasteiger partial charge in [-0.05, 0) is 27.7 Å². The summed E-state index contributed by atoms with van der Waals surface area (Å²) >= 11 is 1.17. The molecule has 118 valence electrons. The fourth-order valence-corrected chi connectivity index (χ4v) is 2.60. The molecule has 0 saturated carbocycles. The summed E-state index contributed by atoms with van der Waals surface area (Å²) in [6, 6.07) is -0.406. The number of hydrogen-bond acceptors (Lipinski definition) is 5. The minimum Gasteiger partial charge on any atom is -0.242 e. The summed E-state index contributed by atoms with van der Waals surface area (Å²) in [5.74, 6) is 0. The zero-order valence-corrected chi connectivity index (χ0v) is 14.0. The molecule has 8 heteroatoms. The van der Waals surface area contributed by atoms with Crippen molar-refractivity contribution in [3.05, 3.63) is 22.7 Å². The lowest BCUT2D eigenvalue weighted by atomic mass is 10.3. The number of thioether (sulfide) groups is 1. The largest absolute Gasteiger partial charge is 0.242 e. The van der Waals surface area contributed by atoms with Crippen LogP contribution in [-0.4, -0.2) is 28.7 Å². The van der Waals surface area contributed by atoms with Crippen molar-refractivity contribution in [1.82, 2.24) is 4.72 Å². The third-order valence-corrected chi connectivity index (χ3v) is 4.68. The van der Waals surface area contributed by atoms with Crippen LogP contribution in [0.2, 0.25) is 0 Å². The summed E-state index contributed by atoms with van der Waals surface area (Å²) in [4.78, 5) is 9.92. The van der Waals surface area contributed by atoms with E-state index in [0.717, 1.165) is 4.91 Å². The van der Waals surface area contributed by atoms with Gasteiger partial charge in [0.1, 0.15) is 6.61 Å². The number of allylic oxidation sites excluding steroid dienone is 1. The Bertz CT molecular complexity index is 356. The van der Waals surface area contributed by atoms with Crippen LogP contribution < -0.4 is 4.72 Å². The zero-order valence-electron chi connectivity index (χ0n) is 12.3. The van der Waals surface area contributed by atoms with Crippen LogP contribution in [-0.2, 0) is 25.8 Å². The van der Waals surface area contributed by atoms with E-state index >= 15 is 0 Å². The second kappa shape index (κ2) is 10.5. The average molecular weight is 327 g/mol. The molecular weight excluding hydrogens is 305 g/mol. The fraction of sp³-hybridized carbons (Fsp3) is 0.667. The van der Waals surface area contributed by atoms with Gasteiger partial charge >= 0.3 is 0 Å². The molecule has 1 N–H and O–H groups in total. The number of nitrogens with one attached hydrogen (secondary N) is 1. The molecule has 0 bridgehead atoms. The van der Waals surface area contributed by atoms with E-state index in [2.05, 4.69) is 14.6 Å². The van der Waals surface area contributed by atoms with Gasteiger partial charge in [0, 0.05) is 10.3 Å². The molecule has 0 aliphatic heterocycles. The van der Waals surface area contributed by atoms with Crippen molar-refractivity contribution in [2.24, 2.45) is 0 Å². The van der Waals surface area contributed by atoms with Crippen LogP contribution in [0.5, 0.6) is 0 Å². The average Bonchev–Trinajstić information content (AvgIpc) is 2.38. The molecule has 0 amide bonds. The molecular formula is C12H22FNO4S2. The first kappa shape index (κ1) is 19.8. The fourth-order valence-electron chi connectivity index (χ4n) is 1.08. The van der Waals surface area contributed by atoms with Gasteiger partial charge in [-0.15, -0.1) is 0 Å². The smallest absolute Gasteiger partial charge is 0.106 e. The molecule has 0 spiro atoms.